The average molecular weight is 510 g/mol. The molecule has 1 heterocycles. The Bertz CT molecular complexity index is 1310. The van der Waals surface area contributed by atoms with Crippen molar-refractivity contribution in [3.63, 3.8) is 0 Å². The van der Waals surface area contributed by atoms with Gasteiger partial charge < -0.3 is 9.84 Å². The number of carbonyl (C=O) groups excluding carboxylic acids is 2. The lowest BCUT2D eigenvalue weighted by atomic mass is 9.94. The molecule has 0 aromatic heterocycles. The van der Waals surface area contributed by atoms with E-state index in [2.05, 4.69) is 0 Å². The molecule has 0 aliphatic carbocycles. The van der Waals surface area contributed by atoms with E-state index in [9.17, 15) is 14.7 Å². The molecule has 5 nitrogen and oxygen atoms in total. The number of Topliss-reactive ketones (excluding diaryl/α,β-unsaturated/α-hetero) is 1. The number of ether oxygens (including phenoxy) is 1. The third kappa shape index (κ3) is 5.21. The summed E-state index contributed by atoms with van der Waals surface area (Å²) in [5.74, 6) is -0.961. The Hall–Kier alpha value is -3.28. The molecule has 7 heteroatoms. The highest BCUT2D eigenvalue weighted by atomic mass is 35.5. The zero-order valence-corrected chi connectivity index (χ0v) is 21.1. The van der Waals surface area contributed by atoms with Crippen LogP contribution in [0.1, 0.15) is 36.6 Å². The quantitative estimate of drug-likeness (QED) is 0.221. The van der Waals surface area contributed by atoms with Gasteiger partial charge in [0, 0.05) is 21.3 Å². The van der Waals surface area contributed by atoms with Crippen molar-refractivity contribution in [3.05, 3.63) is 99.0 Å². The molecule has 1 atom stereocenters. The van der Waals surface area contributed by atoms with E-state index in [1.807, 2.05) is 45.0 Å². The lowest BCUT2D eigenvalue weighted by Crippen LogP contribution is -2.29. The monoisotopic (exact) mass is 509 g/mol. The normalized spacial score (nSPS) is 17.3. The number of hydrogen-bond acceptors (Lipinski definition) is 4. The Balaban J connectivity index is 1.89. The minimum Gasteiger partial charge on any atom is -0.507 e. The Morgan fingerprint density at radius 1 is 1.00 bits per heavy atom. The van der Waals surface area contributed by atoms with Crippen LogP contribution < -0.4 is 9.64 Å². The highest BCUT2D eigenvalue weighted by Gasteiger charge is 2.47. The van der Waals surface area contributed by atoms with Crippen LogP contribution in [0.3, 0.4) is 0 Å². The van der Waals surface area contributed by atoms with Crippen molar-refractivity contribution >= 4 is 46.3 Å². The van der Waals surface area contributed by atoms with Gasteiger partial charge >= 0.3 is 0 Å². The topological polar surface area (TPSA) is 66.8 Å². The summed E-state index contributed by atoms with van der Waals surface area (Å²) in [5, 5.41) is 12.0. The minimum atomic E-state index is -0.871. The molecule has 1 N–H and O–H groups in total. The fourth-order valence-electron chi connectivity index (χ4n) is 4.08. The van der Waals surface area contributed by atoms with E-state index in [4.69, 9.17) is 27.9 Å². The van der Waals surface area contributed by atoms with E-state index < -0.39 is 17.7 Å². The standard InChI is InChI=1S/C28H25Cl2NO4/c1-16(2)15-35-23-9-5-8-19(11-23)26(32)24-25(18-7-4-6-17(3)10-18)31(28(34)27(24)33)22-13-20(29)12-21(30)14-22/h4-14,16,25,32H,15H2,1-3H3/b26-24+. The molecule has 1 aliphatic rings. The number of aliphatic hydroxyl groups is 1. The molecule has 0 spiro atoms. The van der Waals surface area contributed by atoms with Crippen LogP contribution in [-0.4, -0.2) is 23.4 Å². The summed E-state index contributed by atoms with van der Waals surface area (Å²) in [6.07, 6.45) is 0. The van der Waals surface area contributed by atoms with Gasteiger partial charge in [0.1, 0.15) is 11.5 Å². The van der Waals surface area contributed by atoms with Crippen LogP contribution in [0, 0.1) is 12.8 Å². The van der Waals surface area contributed by atoms with Gasteiger partial charge in [-0.1, -0.05) is 79.0 Å². The highest BCUT2D eigenvalue weighted by Crippen LogP contribution is 2.43. The minimum absolute atomic E-state index is 0.0160. The van der Waals surface area contributed by atoms with Crippen molar-refractivity contribution in [3.8, 4) is 5.75 Å². The molecule has 1 fully saturated rings. The fraction of sp³-hybridized carbons (Fsp3) is 0.214. The zero-order chi connectivity index (χ0) is 25.3. The van der Waals surface area contributed by atoms with Gasteiger partial charge in [0.05, 0.1) is 18.2 Å². The van der Waals surface area contributed by atoms with Crippen molar-refractivity contribution in [2.75, 3.05) is 11.5 Å². The number of carbonyl (C=O) groups is 2. The third-order valence-electron chi connectivity index (χ3n) is 5.62. The second-order valence-corrected chi connectivity index (χ2v) is 9.82. The number of ketones is 1. The molecule has 4 rings (SSSR count). The van der Waals surface area contributed by atoms with E-state index in [1.165, 1.54) is 4.90 Å². The summed E-state index contributed by atoms with van der Waals surface area (Å²) >= 11 is 12.4. The largest absolute Gasteiger partial charge is 0.507 e. The molecule has 35 heavy (non-hydrogen) atoms. The number of anilines is 1. The van der Waals surface area contributed by atoms with Crippen LogP contribution in [0.5, 0.6) is 5.75 Å². The maximum Gasteiger partial charge on any atom is 0.300 e. The number of amides is 1. The fourth-order valence-corrected chi connectivity index (χ4v) is 4.60. The second-order valence-electron chi connectivity index (χ2n) is 8.94. The van der Waals surface area contributed by atoms with Crippen LogP contribution in [0.25, 0.3) is 5.76 Å². The number of halogens is 2. The second kappa shape index (κ2) is 10.1. The van der Waals surface area contributed by atoms with Gasteiger partial charge in [0.2, 0.25) is 0 Å². The lowest BCUT2D eigenvalue weighted by Gasteiger charge is -2.26. The molecule has 1 saturated heterocycles. The van der Waals surface area contributed by atoms with Crippen LogP contribution in [0.15, 0.2) is 72.3 Å². The number of benzene rings is 3. The summed E-state index contributed by atoms with van der Waals surface area (Å²) in [6.45, 7) is 6.50. The molecule has 0 saturated carbocycles. The molecular weight excluding hydrogens is 485 g/mol. The summed E-state index contributed by atoms with van der Waals surface area (Å²) < 4.78 is 5.79. The van der Waals surface area contributed by atoms with Gasteiger partial charge in [-0.25, -0.2) is 0 Å². The number of rotatable bonds is 6. The summed E-state index contributed by atoms with van der Waals surface area (Å²) in [6, 6.07) is 18.1. The van der Waals surface area contributed by atoms with Gasteiger partial charge in [0.25, 0.3) is 11.7 Å². The Labute approximate surface area is 214 Å². The number of aryl methyl sites for hydroxylation is 1. The molecule has 1 amide bonds. The zero-order valence-electron chi connectivity index (χ0n) is 19.6. The van der Waals surface area contributed by atoms with Gasteiger partial charge in [-0.15, -0.1) is 0 Å². The van der Waals surface area contributed by atoms with Crippen LogP contribution >= 0.6 is 23.2 Å². The van der Waals surface area contributed by atoms with Crippen molar-refractivity contribution in [2.24, 2.45) is 5.92 Å². The van der Waals surface area contributed by atoms with E-state index in [1.54, 1.807) is 42.5 Å². The van der Waals surface area contributed by atoms with Gasteiger partial charge in [-0.05, 0) is 48.7 Å². The number of aliphatic hydroxyl groups excluding tert-OH is 1. The number of hydrogen-bond donors (Lipinski definition) is 1. The van der Waals surface area contributed by atoms with Crippen molar-refractivity contribution < 1.29 is 19.4 Å². The van der Waals surface area contributed by atoms with Gasteiger partial charge in [-0.2, -0.15) is 0 Å². The highest BCUT2D eigenvalue weighted by molar-refractivity contribution is 6.52. The molecule has 180 valence electrons. The van der Waals surface area contributed by atoms with E-state index in [0.29, 0.717) is 45.1 Å². The molecule has 1 aliphatic heterocycles. The summed E-state index contributed by atoms with van der Waals surface area (Å²) in [4.78, 5) is 28.0. The van der Waals surface area contributed by atoms with Crippen LogP contribution in [0.4, 0.5) is 5.69 Å². The molecule has 0 bridgehead atoms. The van der Waals surface area contributed by atoms with E-state index >= 15 is 0 Å². The molecule has 3 aromatic carbocycles. The molecular formula is C28H25Cl2NO4. The van der Waals surface area contributed by atoms with E-state index in [-0.39, 0.29) is 11.3 Å². The van der Waals surface area contributed by atoms with Crippen molar-refractivity contribution in [1.82, 2.24) is 0 Å². The Morgan fingerprint density at radius 3 is 2.34 bits per heavy atom. The maximum absolute atomic E-state index is 13.3. The first kappa shape index (κ1) is 24.8. The summed E-state index contributed by atoms with van der Waals surface area (Å²) in [5.41, 5.74) is 2.35. The van der Waals surface area contributed by atoms with E-state index in [0.717, 1.165) is 5.56 Å². The first-order valence-corrected chi connectivity index (χ1v) is 12.0. The lowest BCUT2D eigenvalue weighted by molar-refractivity contribution is -0.132. The number of nitrogens with zero attached hydrogens (tertiary/aromatic N) is 1. The Kier molecular flexibility index (Phi) is 7.20. The predicted molar refractivity (Wildman–Crippen MR) is 139 cm³/mol. The Morgan fingerprint density at radius 2 is 1.69 bits per heavy atom. The summed E-state index contributed by atoms with van der Waals surface area (Å²) in [7, 11) is 0. The smallest absolute Gasteiger partial charge is 0.300 e. The molecule has 1 unspecified atom stereocenters. The molecule has 3 aromatic rings. The van der Waals surface area contributed by atoms with Crippen molar-refractivity contribution in [1.29, 1.82) is 0 Å². The third-order valence-corrected chi connectivity index (χ3v) is 6.06. The van der Waals surface area contributed by atoms with Crippen LogP contribution in [-0.2, 0) is 9.59 Å². The predicted octanol–water partition coefficient (Wildman–Crippen LogP) is 6.96. The molecule has 0 radical (unpaired) electrons. The first-order valence-electron chi connectivity index (χ1n) is 11.2. The van der Waals surface area contributed by atoms with Gasteiger partial charge in [-0.3, -0.25) is 14.5 Å². The first-order chi connectivity index (χ1) is 16.7. The SMILES string of the molecule is Cc1cccc(C2/C(=C(\O)c3cccc(OCC(C)C)c3)C(=O)C(=O)N2c2cc(Cl)cc(Cl)c2)c1. The van der Waals surface area contributed by atoms with Crippen LogP contribution in [0.2, 0.25) is 10.0 Å². The van der Waals surface area contributed by atoms with Gasteiger partial charge in [0.15, 0.2) is 0 Å². The van der Waals surface area contributed by atoms with Crippen molar-refractivity contribution in [2.45, 2.75) is 26.8 Å². The average Bonchev–Trinajstić information content (AvgIpc) is 3.07. The maximum atomic E-state index is 13.3.